The fourth-order valence-corrected chi connectivity index (χ4v) is 4.62. The molecule has 2 aromatic rings. The second kappa shape index (κ2) is 14.4. The second-order valence-corrected chi connectivity index (χ2v) is 9.03. The molecule has 4 rings (SSSR count). The average Bonchev–Trinajstić information content (AvgIpc) is 2.96. The Labute approximate surface area is 232 Å². The van der Waals surface area contributed by atoms with E-state index >= 15 is 0 Å². The summed E-state index contributed by atoms with van der Waals surface area (Å²) in [5, 5.41) is 0.666. The van der Waals surface area contributed by atoms with Crippen LogP contribution in [0.5, 0.6) is 0 Å². The number of amides is 4. The van der Waals surface area contributed by atoms with Crippen LogP contribution in [0.4, 0.5) is 0 Å². The van der Waals surface area contributed by atoms with Crippen LogP contribution in [0.1, 0.15) is 41.4 Å². The molecule has 216 valence electrons. The number of imide groups is 2. The van der Waals surface area contributed by atoms with Crippen molar-refractivity contribution in [2.45, 2.75) is 0 Å². The van der Waals surface area contributed by atoms with Crippen molar-refractivity contribution in [3.8, 4) is 0 Å². The number of hydrogen-bond acceptors (Lipinski definition) is 10. The fourth-order valence-electron chi connectivity index (χ4n) is 4.62. The van der Waals surface area contributed by atoms with E-state index in [0.29, 0.717) is 63.6 Å². The molecule has 2 aliphatic rings. The zero-order chi connectivity index (χ0) is 28.5. The van der Waals surface area contributed by atoms with Gasteiger partial charge in [0.05, 0.1) is 79.2 Å². The highest BCUT2D eigenvalue weighted by molar-refractivity contribution is 6.33. The van der Waals surface area contributed by atoms with Crippen molar-refractivity contribution in [2.75, 3.05) is 93.4 Å². The van der Waals surface area contributed by atoms with Crippen LogP contribution in [0.15, 0.2) is 24.3 Å². The SMILES string of the molecule is COCCOCCOCCN1C(=O)c2ccc3c4c(ccc(c24)C1=O)C(=O)N(CCOCCOCCOC)C3=O. The van der Waals surface area contributed by atoms with Gasteiger partial charge in [0.25, 0.3) is 23.6 Å². The molecule has 2 aromatic carbocycles. The van der Waals surface area contributed by atoms with E-state index in [-0.39, 0.29) is 48.6 Å². The highest BCUT2D eigenvalue weighted by Gasteiger charge is 2.39. The van der Waals surface area contributed by atoms with E-state index < -0.39 is 23.6 Å². The predicted molar refractivity (Wildman–Crippen MR) is 142 cm³/mol. The molecule has 2 aliphatic heterocycles. The molecule has 0 aliphatic carbocycles. The van der Waals surface area contributed by atoms with E-state index in [0.717, 1.165) is 9.80 Å². The summed E-state index contributed by atoms with van der Waals surface area (Å²) in [6.45, 7) is 3.65. The first-order valence-corrected chi connectivity index (χ1v) is 13.1. The molecule has 0 unspecified atom stereocenters. The maximum atomic E-state index is 13.3. The van der Waals surface area contributed by atoms with Gasteiger partial charge < -0.3 is 28.4 Å². The number of nitrogens with zero attached hydrogens (tertiary/aromatic N) is 2. The molecule has 0 saturated carbocycles. The van der Waals surface area contributed by atoms with Crippen molar-refractivity contribution < 1.29 is 47.6 Å². The van der Waals surface area contributed by atoms with Gasteiger partial charge in [0.1, 0.15) is 0 Å². The van der Waals surface area contributed by atoms with Crippen molar-refractivity contribution in [3.05, 3.63) is 46.5 Å². The Kier molecular flexibility index (Phi) is 10.7. The van der Waals surface area contributed by atoms with Gasteiger partial charge in [-0.05, 0) is 24.3 Å². The predicted octanol–water partition coefficient (Wildman–Crippen LogP) is 1.39. The first-order chi connectivity index (χ1) is 19.5. The highest BCUT2D eigenvalue weighted by Crippen LogP contribution is 2.37. The molecule has 0 bridgehead atoms. The summed E-state index contributed by atoms with van der Waals surface area (Å²) in [4.78, 5) is 55.4. The van der Waals surface area contributed by atoms with Gasteiger partial charge in [0, 0.05) is 47.2 Å². The van der Waals surface area contributed by atoms with Crippen molar-refractivity contribution in [1.29, 1.82) is 0 Å². The number of carbonyl (C=O) groups is 4. The van der Waals surface area contributed by atoms with Gasteiger partial charge in [-0.3, -0.25) is 29.0 Å². The Balaban J connectivity index is 1.41. The largest absolute Gasteiger partial charge is 0.382 e. The molecule has 0 N–H and O–H groups in total. The van der Waals surface area contributed by atoms with Crippen molar-refractivity contribution in [2.24, 2.45) is 0 Å². The number of rotatable bonds is 18. The number of hydrogen-bond donors (Lipinski definition) is 0. The van der Waals surface area contributed by atoms with Crippen molar-refractivity contribution in [1.82, 2.24) is 9.80 Å². The van der Waals surface area contributed by atoms with Crippen LogP contribution in [-0.4, -0.2) is 127 Å². The lowest BCUT2D eigenvalue weighted by Crippen LogP contribution is -2.45. The Hall–Kier alpha value is -3.26. The molecule has 0 spiro atoms. The molecule has 0 saturated heterocycles. The highest BCUT2D eigenvalue weighted by atomic mass is 16.5. The normalized spacial score (nSPS) is 14.7. The van der Waals surface area contributed by atoms with E-state index in [2.05, 4.69) is 0 Å². The molecular formula is C28H34N2O10. The van der Waals surface area contributed by atoms with Gasteiger partial charge in [-0.25, -0.2) is 0 Å². The lowest BCUT2D eigenvalue weighted by atomic mass is 9.86. The molecule has 2 heterocycles. The topological polar surface area (TPSA) is 130 Å². The minimum Gasteiger partial charge on any atom is -0.382 e. The molecule has 40 heavy (non-hydrogen) atoms. The van der Waals surface area contributed by atoms with E-state index in [1.807, 2.05) is 0 Å². The standard InChI is InChI=1S/C28H34N2O10/c1-35-11-13-39-17-15-37-9-7-29-25(31)19-3-5-21-24-22(6-4-20(23(19)24)26(29)32)28(34)30(27(21)33)8-10-38-16-18-40-14-12-36-2/h3-6H,7-18H2,1-2H3. The first kappa shape index (κ1) is 29.7. The third-order valence-electron chi connectivity index (χ3n) is 6.59. The molecule has 0 aromatic heterocycles. The molecule has 12 heteroatoms. The molecule has 0 radical (unpaired) electrons. The van der Waals surface area contributed by atoms with Crippen LogP contribution in [-0.2, 0) is 28.4 Å². The molecular weight excluding hydrogens is 524 g/mol. The minimum absolute atomic E-state index is 0.0588. The zero-order valence-corrected chi connectivity index (χ0v) is 22.8. The van der Waals surface area contributed by atoms with Crippen LogP contribution < -0.4 is 0 Å². The maximum Gasteiger partial charge on any atom is 0.261 e. The average molecular weight is 559 g/mol. The minimum atomic E-state index is -0.496. The summed E-state index contributed by atoms with van der Waals surface area (Å²) >= 11 is 0. The second-order valence-electron chi connectivity index (χ2n) is 9.03. The van der Waals surface area contributed by atoms with Gasteiger partial charge >= 0.3 is 0 Å². The summed E-state index contributed by atoms with van der Waals surface area (Å²) < 4.78 is 31.5. The number of ether oxygens (including phenoxy) is 6. The summed E-state index contributed by atoms with van der Waals surface area (Å²) in [6.07, 6.45) is 0. The Bertz CT molecular complexity index is 1080. The van der Waals surface area contributed by atoms with Crippen LogP contribution in [0, 0.1) is 0 Å². The van der Waals surface area contributed by atoms with Gasteiger partial charge in [-0.15, -0.1) is 0 Å². The molecule has 12 nitrogen and oxygen atoms in total. The van der Waals surface area contributed by atoms with Crippen LogP contribution in [0.25, 0.3) is 10.8 Å². The van der Waals surface area contributed by atoms with Gasteiger partial charge in [-0.1, -0.05) is 0 Å². The first-order valence-electron chi connectivity index (χ1n) is 13.1. The fraction of sp³-hybridized carbons (Fsp3) is 0.500. The van der Waals surface area contributed by atoms with Gasteiger partial charge in [0.2, 0.25) is 0 Å². The zero-order valence-electron chi connectivity index (χ0n) is 22.8. The quantitative estimate of drug-likeness (QED) is 0.195. The van der Waals surface area contributed by atoms with E-state index in [9.17, 15) is 19.2 Å². The van der Waals surface area contributed by atoms with E-state index in [1.165, 1.54) is 24.3 Å². The van der Waals surface area contributed by atoms with Crippen LogP contribution in [0.3, 0.4) is 0 Å². The summed E-state index contributed by atoms with van der Waals surface area (Å²) in [5.74, 6) is -1.98. The molecule has 0 fully saturated rings. The summed E-state index contributed by atoms with van der Waals surface area (Å²) in [5.41, 5.74) is 1.07. The Morgan fingerprint density at radius 2 is 0.725 bits per heavy atom. The van der Waals surface area contributed by atoms with Gasteiger partial charge in [0.15, 0.2) is 0 Å². The number of carbonyl (C=O) groups excluding carboxylic acids is 4. The third-order valence-corrected chi connectivity index (χ3v) is 6.59. The maximum absolute atomic E-state index is 13.3. The van der Waals surface area contributed by atoms with Crippen molar-refractivity contribution >= 4 is 34.4 Å². The smallest absolute Gasteiger partial charge is 0.261 e. The van der Waals surface area contributed by atoms with Crippen molar-refractivity contribution in [3.63, 3.8) is 0 Å². The van der Waals surface area contributed by atoms with Crippen LogP contribution >= 0.6 is 0 Å². The van der Waals surface area contributed by atoms with Gasteiger partial charge in [-0.2, -0.15) is 0 Å². The third kappa shape index (κ3) is 6.38. The monoisotopic (exact) mass is 558 g/mol. The van der Waals surface area contributed by atoms with E-state index in [1.54, 1.807) is 14.2 Å². The Morgan fingerprint density at radius 1 is 0.450 bits per heavy atom. The lowest BCUT2D eigenvalue weighted by Gasteiger charge is -2.31. The van der Waals surface area contributed by atoms with Crippen LogP contribution in [0.2, 0.25) is 0 Å². The summed E-state index contributed by atoms with van der Waals surface area (Å²) in [7, 11) is 3.18. The number of methoxy groups -OCH3 is 2. The lowest BCUT2D eigenvalue weighted by molar-refractivity contribution is 0.0187. The summed E-state index contributed by atoms with van der Waals surface area (Å²) in [6, 6.07) is 6.15. The number of benzene rings is 2. The van der Waals surface area contributed by atoms with E-state index in [4.69, 9.17) is 28.4 Å². The molecule has 0 atom stereocenters. The molecule has 4 amide bonds. The Morgan fingerprint density at radius 3 is 1.02 bits per heavy atom.